The molecular weight excluding hydrogens is 230 g/mol. The van der Waals surface area contributed by atoms with Crippen molar-refractivity contribution in [2.75, 3.05) is 12.3 Å². The standard InChI is InChI=1S/C12H15N5O/c13-11-5-2-1-4-10(11)12(18)14-6-3-8-17-9-7-15-16-17/h1-2,4-5,7,9H,3,6,8,13H2,(H,14,18). The van der Waals surface area contributed by atoms with E-state index in [9.17, 15) is 4.79 Å². The van der Waals surface area contributed by atoms with E-state index < -0.39 is 0 Å². The van der Waals surface area contributed by atoms with Gasteiger partial charge in [0.2, 0.25) is 0 Å². The molecule has 0 fully saturated rings. The lowest BCUT2D eigenvalue weighted by Gasteiger charge is -2.07. The molecule has 1 aromatic carbocycles. The molecule has 0 aliphatic heterocycles. The largest absolute Gasteiger partial charge is 0.398 e. The van der Waals surface area contributed by atoms with Crippen LogP contribution in [0, 0.1) is 0 Å². The van der Waals surface area contributed by atoms with Crippen LogP contribution in [0.3, 0.4) is 0 Å². The van der Waals surface area contributed by atoms with Gasteiger partial charge in [-0.25, -0.2) is 0 Å². The maximum atomic E-state index is 11.8. The van der Waals surface area contributed by atoms with Gasteiger partial charge in [-0.1, -0.05) is 17.3 Å². The van der Waals surface area contributed by atoms with Crippen molar-refractivity contribution in [3.63, 3.8) is 0 Å². The predicted molar refractivity (Wildman–Crippen MR) is 67.8 cm³/mol. The monoisotopic (exact) mass is 245 g/mol. The zero-order valence-electron chi connectivity index (χ0n) is 9.91. The van der Waals surface area contributed by atoms with Crippen LogP contribution in [0.25, 0.3) is 0 Å². The SMILES string of the molecule is Nc1ccccc1C(=O)NCCCn1ccnn1. The van der Waals surface area contributed by atoms with Gasteiger partial charge in [0.25, 0.3) is 5.91 Å². The minimum atomic E-state index is -0.147. The molecule has 3 N–H and O–H groups in total. The Bertz CT molecular complexity index is 509. The van der Waals surface area contributed by atoms with Crippen molar-refractivity contribution in [1.82, 2.24) is 20.3 Å². The molecule has 0 aliphatic rings. The van der Waals surface area contributed by atoms with Crippen molar-refractivity contribution >= 4 is 11.6 Å². The van der Waals surface area contributed by atoms with E-state index >= 15 is 0 Å². The van der Waals surface area contributed by atoms with Gasteiger partial charge < -0.3 is 11.1 Å². The van der Waals surface area contributed by atoms with Crippen LogP contribution in [-0.2, 0) is 6.54 Å². The van der Waals surface area contributed by atoms with Crippen LogP contribution >= 0.6 is 0 Å². The summed E-state index contributed by atoms with van der Waals surface area (Å²) in [4.78, 5) is 11.8. The van der Waals surface area contributed by atoms with Crippen LogP contribution in [0.15, 0.2) is 36.7 Å². The van der Waals surface area contributed by atoms with Crippen molar-refractivity contribution in [2.45, 2.75) is 13.0 Å². The summed E-state index contributed by atoms with van der Waals surface area (Å²) in [5, 5.41) is 10.4. The number of hydrogen-bond acceptors (Lipinski definition) is 4. The highest BCUT2D eigenvalue weighted by molar-refractivity contribution is 5.98. The van der Waals surface area contributed by atoms with Gasteiger partial charge in [-0.15, -0.1) is 5.10 Å². The molecule has 1 amide bonds. The second-order valence-corrected chi connectivity index (χ2v) is 3.86. The summed E-state index contributed by atoms with van der Waals surface area (Å²) in [7, 11) is 0. The van der Waals surface area contributed by atoms with Gasteiger partial charge in [0.05, 0.1) is 11.8 Å². The van der Waals surface area contributed by atoms with Gasteiger partial charge in [-0.2, -0.15) is 0 Å². The number of para-hydroxylation sites is 1. The molecule has 1 aromatic heterocycles. The maximum Gasteiger partial charge on any atom is 0.253 e. The Labute approximate surface area is 105 Å². The maximum absolute atomic E-state index is 11.8. The Balaban J connectivity index is 1.77. The third-order valence-electron chi connectivity index (χ3n) is 2.53. The van der Waals surface area contributed by atoms with Crippen molar-refractivity contribution < 1.29 is 4.79 Å². The van der Waals surface area contributed by atoms with Gasteiger partial charge >= 0.3 is 0 Å². The van der Waals surface area contributed by atoms with Crippen LogP contribution in [0.2, 0.25) is 0 Å². The van der Waals surface area contributed by atoms with E-state index in [-0.39, 0.29) is 5.91 Å². The summed E-state index contributed by atoms with van der Waals surface area (Å²) < 4.78 is 1.73. The molecule has 18 heavy (non-hydrogen) atoms. The van der Waals surface area contributed by atoms with Gasteiger partial charge in [0, 0.05) is 25.0 Å². The third kappa shape index (κ3) is 3.07. The normalized spacial score (nSPS) is 10.2. The number of aryl methyl sites for hydroxylation is 1. The minimum Gasteiger partial charge on any atom is -0.398 e. The number of nitrogens with zero attached hydrogens (tertiary/aromatic N) is 3. The Hall–Kier alpha value is -2.37. The first-order chi connectivity index (χ1) is 8.77. The highest BCUT2D eigenvalue weighted by atomic mass is 16.1. The Kier molecular flexibility index (Phi) is 3.90. The molecule has 0 saturated carbocycles. The van der Waals surface area contributed by atoms with Crippen molar-refractivity contribution in [2.24, 2.45) is 0 Å². The minimum absolute atomic E-state index is 0.147. The van der Waals surface area contributed by atoms with Crippen LogP contribution < -0.4 is 11.1 Å². The van der Waals surface area contributed by atoms with Crippen LogP contribution in [0.1, 0.15) is 16.8 Å². The summed E-state index contributed by atoms with van der Waals surface area (Å²) in [5.41, 5.74) is 6.72. The van der Waals surface area contributed by atoms with Crippen LogP contribution in [0.4, 0.5) is 5.69 Å². The van der Waals surface area contributed by atoms with E-state index in [1.165, 1.54) is 0 Å². The smallest absolute Gasteiger partial charge is 0.253 e. The lowest BCUT2D eigenvalue weighted by atomic mass is 10.1. The van der Waals surface area contributed by atoms with E-state index in [0.717, 1.165) is 13.0 Å². The molecule has 2 aromatic rings. The lowest BCUT2D eigenvalue weighted by molar-refractivity contribution is 0.0953. The zero-order chi connectivity index (χ0) is 12.8. The number of nitrogens with one attached hydrogen (secondary N) is 1. The zero-order valence-corrected chi connectivity index (χ0v) is 9.91. The third-order valence-corrected chi connectivity index (χ3v) is 2.53. The van der Waals surface area contributed by atoms with E-state index in [1.54, 1.807) is 41.3 Å². The predicted octanol–water partition coefficient (Wildman–Crippen LogP) is 0.680. The first-order valence-corrected chi connectivity index (χ1v) is 5.74. The second-order valence-electron chi connectivity index (χ2n) is 3.86. The lowest BCUT2D eigenvalue weighted by Crippen LogP contribution is -2.26. The molecule has 0 unspecified atom stereocenters. The summed E-state index contributed by atoms with van der Waals surface area (Å²) in [6, 6.07) is 7.02. The first kappa shape index (κ1) is 12.1. The molecule has 6 heteroatoms. The number of benzene rings is 1. The highest BCUT2D eigenvalue weighted by Crippen LogP contribution is 2.09. The molecule has 6 nitrogen and oxygen atoms in total. The highest BCUT2D eigenvalue weighted by Gasteiger charge is 2.07. The Morgan fingerprint density at radius 2 is 2.22 bits per heavy atom. The Morgan fingerprint density at radius 1 is 1.39 bits per heavy atom. The number of aromatic nitrogens is 3. The van der Waals surface area contributed by atoms with Gasteiger partial charge in [-0.3, -0.25) is 9.48 Å². The molecule has 0 radical (unpaired) electrons. The van der Waals surface area contributed by atoms with Gasteiger partial charge in [-0.05, 0) is 18.6 Å². The molecule has 0 atom stereocenters. The number of anilines is 1. The van der Waals surface area contributed by atoms with Gasteiger partial charge in [0.1, 0.15) is 0 Å². The molecule has 0 aliphatic carbocycles. The molecular formula is C12H15N5O. The first-order valence-electron chi connectivity index (χ1n) is 5.74. The van der Waals surface area contributed by atoms with Crippen LogP contribution in [0.5, 0.6) is 0 Å². The molecule has 0 bridgehead atoms. The summed E-state index contributed by atoms with van der Waals surface area (Å²) >= 11 is 0. The average molecular weight is 245 g/mol. The molecule has 94 valence electrons. The average Bonchev–Trinajstić information content (AvgIpc) is 2.88. The number of carbonyl (C=O) groups excluding carboxylic acids is 1. The van der Waals surface area contributed by atoms with Crippen molar-refractivity contribution in [3.8, 4) is 0 Å². The topological polar surface area (TPSA) is 85.8 Å². The van der Waals surface area contributed by atoms with E-state index in [1.807, 2.05) is 0 Å². The molecule has 2 rings (SSSR count). The summed E-state index contributed by atoms with van der Waals surface area (Å²) in [6.07, 6.45) is 4.21. The van der Waals surface area contributed by atoms with Crippen LogP contribution in [-0.4, -0.2) is 27.4 Å². The van der Waals surface area contributed by atoms with Gasteiger partial charge in [0.15, 0.2) is 0 Å². The molecule has 0 spiro atoms. The Morgan fingerprint density at radius 3 is 2.94 bits per heavy atom. The number of hydrogen-bond donors (Lipinski definition) is 2. The number of rotatable bonds is 5. The molecule has 0 saturated heterocycles. The number of amides is 1. The number of nitrogens with two attached hydrogens (primary N) is 1. The fourth-order valence-corrected chi connectivity index (χ4v) is 1.59. The van der Waals surface area contributed by atoms with E-state index in [0.29, 0.717) is 17.8 Å². The summed E-state index contributed by atoms with van der Waals surface area (Å²) in [6.45, 7) is 1.30. The molecule has 1 heterocycles. The fourth-order valence-electron chi connectivity index (χ4n) is 1.59. The van der Waals surface area contributed by atoms with E-state index in [4.69, 9.17) is 5.73 Å². The summed E-state index contributed by atoms with van der Waals surface area (Å²) in [5.74, 6) is -0.147. The number of carbonyl (C=O) groups is 1. The van der Waals surface area contributed by atoms with E-state index in [2.05, 4.69) is 15.6 Å². The number of nitrogen functional groups attached to an aromatic ring is 1. The van der Waals surface area contributed by atoms with Crippen molar-refractivity contribution in [3.05, 3.63) is 42.2 Å². The fraction of sp³-hybridized carbons (Fsp3) is 0.250. The van der Waals surface area contributed by atoms with Crippen molar-refractivity contribution in [1.29, 1.82) is 0 Å². The second kappa shape index (κ2) is 5.81. The quantitative estimate of drug-likeness (QED) is 0.599.